The summed E-state index contributed by atoms with van der Waals surface area (Å²) >= 11 is 7.52. The normalized spacial score (nSPS) is 24.0. The molecule has 1 aromatic heterocycles. The SMILES string of the molecule is CC1CSCCN1Cc1sccc1Br. The molecule has 0 bridgehead atoms. The Hall–Kier alpha value is 0.490. The molecule has 78 valence electrons. The van der Waals surface area contributed by atoms with Crippen molar-refractivity contribution in [1.82, 2.24) is 4.90 Å². The number of thioether (sulfide) groups is 1. The highest BCUT2D eigenvalue weighted by atomic mass is 79.9. The number of rotatable bonds is 2. The summed E-state index contributed by atoms with van der Waals surface area (Å²) in [5, 5.41) is 2.16. The lowest BCUT2D eigenvalue weighted by molar-refractivity contribution is 0.225. The van der Waals surface area contributed by atoms with Gasteiger partial charge in [0.05, 0.1) is 0 Å². The highest BCUT2D eigenvalue weighted by molar-refractivity contribution is 9.10. The van der Waals surface area contributed by atoms with Crippen molar-refractivity contribution in [3.8, 4) is 0 Å². The molecule has 1 unspecified atom stereocenters. The summed E-state index contributed by atoms with van der Waals surface area (Å²) in [6.45, 7) is 4.67. The summed E-state index contributed by atoms with van der Waals surface area (Å²) in [5.41, 5.74) is 0. The van der Waals surface area contributed by atoms with Crippen LogP contribution in [0.25, 0.3) is 0 Å². The van der Waals surface area contributed by atoms with Crippen molar-refractivity contribution in [3.63, 3.8) is 0 Å². The van der Waals surface area contributed by atoms with Gasteiger partial charge in [-0.3, -0.25) is 4.90 Å². The molecule has 1 saturated heterocycles. The molecule has 1 aliphatic heterocycles. The van der Waals surface area contributed by atoms with Gasteiger partial charge in [0.2, 0.25) is 0 Å². The number of hydrogen-bond donors (Lipinski definition) is 0. The van der Waals surface area contributed by atoms with Crippen molar-refractivity contribution in [2.24, 2.45) is 0 Å². The molecule has 1 aliphatic rings. The van der Waals surface area contributed by atoms with Crippen LogP contribution in [-0.2, 0) is 6.54 Å². The van der Waals surface area contributed by atoms with Crippen LogP contribution in [0.1, 0.15) is 11.8 Å². The van der Waals surface area contributed by atoms with E-state index in [0.717, 1.165) is 12.6 Å². The molecular formula is C10H14BrNS2. The van der Waals surface area contributed by atoms with Crippen LogP contribution in [0.3, 0.4) is 0 Å². The van der Waals surface area contributed by atoms with E-state index in [4.69, 9.17) is 0 Å². The number of halogens is 1. The molecular weight excluding hydrogens is 278 g/mol. The first-order valence-corrected chi connectivity index (χ1v) is 7.64. The van der Waals surface area contributed by atoms with Gasteiger partial charge in [-0.25, -0.2) is 0 Å². The van der Waals surface area contributed by atoms with Crippen LogP contribution in [-0.4, -0.2) is 29.0 Å². The lowest BCUT2D eigenvalue weighted by atomic mass is 10.3. The van der Waals surface area contributed by atoms with Gasteiger partial charge in [-0.15, -0.1) is 11.3 Å². The van der Waals surface area contributed by atoms with Crippen LogP contribution < -0.4 is 0 Å². The fraction of sp³-hybridized carbons (Fsp3) is 0.600. The summed E-state index contributed by atoms with van der Waals surface area (Å²) in [6.07, 6.45) is 0. The Morgan fingerprint density at radius 1 is 1.64 bits per heavy atom. The van der Waals surface area contributed by atoms with Gasteiger partial charge >= 0.3 is 0 Å². The quantitative estimate of drug-likeness (QED) is 0.821. The van der Waals surface area contributed by atoms with Crippen molar-refractivity contribution in [2.45, 2.75) is 19.5 Å². The molecule has 0 saturated carbocycles. The molecule has 0 radical (unpaired) electrons. The van der Waals surface area contributed by atoms with E-state index in [-0.39, 0.29) is 0 Å². The van der Waals surface area contributed by atoms with Crippen molar-refractivity contribution in [1.29, 1.82) is 0 Å². The fourth-order valence-corrected chi connectivity index (χ4v) is 4.20. The van der Waals surface area contributed by atoms with E-state index in [9.17, 15) is 0 Å². The minimum Gasteiger partial charge on any atom is -0.294 e. The topological polar surface area (TPSA) is 3.24 Å². The van der Waals surface area contributed by atoms with E-state index in [0.29, 0.717) is 0 Å². The summed E-state index contributed by atoms with van der Waals surface area (Å²) in [5.74, 6) is 2.57. The summed E-state index contributed by atoms with van der Waals surface area (Å²) in [4.78, 5) is 4.04. The molecule has 1 nitrogen and oxygen atoms in total. The second-order valence-electron chi connectivity index (χ2n) is 3.59. The first kappa shape index (κ1) is 11.0. The minimum atomic E-state index is 0.725. The van der Waals surface area contributed by atoms with Gasteiger partial charge in [-0.1, -0.05) is 0 Å². The Morgan fingerprint density at radius 3 is 3.14 bits per heavy atom. The molecule has 14 heavy (non-hydrogen) atoms. The van der Waals surface area contributed by atoms with Crippen LogP contribution in [0.15, 0.2) is 15.9 Å². The van der Waals surface area contributed by atoms with E-state index < -0.39 is 0 Å². The maximum Gasteiger partial charge on any atom is 0.0342 e. The van der Waals surface area contributed by atoms with Crippen LogP contribution >= 0.6 is 39.0 Å². The number of thiophene rings is 1. The minimum absolute atomic E-state index is 0.725. The molecule has 0 aliphatic carbocycles. The smallest absolute Gasteiger partial charge is 0.0342 e. The second kappa shape index (κ2) is 5.01. The molecule has 2 heterocycles. The van der Waals surface area contributed by atoms with E-state index in [1.807, 2.05) is 11.3 Å². The van der Waals surface area contributed by atoms with Gasteiger partial charge in [-0.05, 0) is 34.3 Å². The number of nitrogens with zero attached hydrogens (tertiary/aromatic N) is 1. The average molecular weight is 292 g/mol. The van der Waals surface area contributed by atoms with Crippen LogP contribution in [0.4, 0.5) is 0 Å². The monoisotopic (exact) mass is 291 g/mol. The van der Waals surface area contributed by atoms with Gasteiger partial charge in [0.25, 0.3) is 0 Å². The maximum atomic E-state index is 3.59. The van der Waals surface area contributed by atoms with Crippen molar-refractivity contribution >= 4 is 39.0 Å². The summed E-state index contributed by atoms with van der Waals surface area (Å²) < 4.78 is 1.27. The average Bonchev–Trinajstić information content (AvgIpc) is 2.56. The molecule has 0 aromatic carbocycles. The lowest BCUT2D eigenvalue weighted by Gasteiger charge is -2.32. The van der Waals surface area contributed by atoms with Gasteiger partial charge in [0, 0.05) is 40.0 Å². The molecule has 0 amide bonds. The molecule has 0 N–H and O–H groups in total. The summed E-state index contributed by atoms with van der Waals surface area (Å²) in [7, 11) is 0. The third-order valence-corrected chi connectivity index (χ3v) is 5.64. The van der Waals surface area contributed by atoms with Gasteiger partial charge < -0.3 is 0 Å². The standard InChI is InChI=1S/C10H14BrNS2/c1-8-7-13-5-3-12(8)6-10-9(11)2-4-14-10/h2,4,8H,3,5-7H2,1H3. The maximum absolute atomic E-state index is 3.59. The predicted octanol–water partition coefficient (Wildman–Crippen LogP) is 3.45. The van der Waals surface area contributed by atoms with Crippen LogP contribution in [0.2, 0.25) is 0 Å². The van der Waals surface area contributed by atoms with E-state index in [1.165, 1.54) is 27.4 Å². The molecule has 4 heteroatoms. The Kier molecular flexibility index (Phi) is 3.93. The highest BCUT2D eigenvalue weighted by Crippen LogP contribution is 2.26. The van der Waals surface area contributed by atoms with Crippen molar-refractivity contribution < 1.29 is 0 Å². The summed E-state index contributed by atoms with van der Waals surface area (Å²) in [6, 6.07) is 2.87. The van der Waals surface area contributed by atoms with Gasteiger partial charge in [-0.2, -0.15) is 11.8 Å². The van der Waals surface area contributed by atoms with Crippen LogP contribution in [0.5, 0.6) is 0 Å². The Labute approximate surface area is 102 Å². The van der Waals surface area contributed by atoms with E-state index >= 15 is 0 Å². The van der Waals surface area contributed by atoms with Crippen LogP contribution in [0, 0.1) is 0 Å². The highest BCUT2D eigenvalue weighted by Gasteiger charge is 2.19. The molecule has 1 atom stereocenters. The third-order valence-electron chi connectivity index (χ3n) is 2.54. The molecule has 0 spiro atoms. The van der Waals surface area contributed by atoms with Crippen molar-refractivity contribution in [3.05, 3.63) is 20.8 Å². The van der Waals surface area contributed by atoms with Gasteiger partial charge in [0.15, 0.2) is 0 Å². The predicted molar refractivity (Wildman–Crippen MR) is 69.2 cm³/mol. The zero-order chi connectivity index (χ0) is 9.97. The zero-order valence-electron chi connectivity index (χ0n) is 8.20. The Morgan fingerprint density at radius 2 is 2.50 bits per heavy atom. The van der Waals surface area contributed by atoms with E-state index in [1.54, 1.807) is 0 Å². The Bertz CT molecular complexity index is 300. The van der Waals surface area contributed by atoms with Crippen molar-refractivity contribution in [2.75, 3.05) is 18.1 Å². The molecule has 1 fully saturated rings. The first-order chi connectivity index (χ1) is 6.77. The largest absolute Gasteiger partial charge is 0.294 e. The van der Waals surface area contributed by atoms with E-state index in [2.05, 4.69) is 51.0 Å². The Balaban J connectivity index is 1.99. The number of hydrogen-bond acceptors (Lipinski definition) is 3. The molecule has 2 rings (SSSR count). The molecule has 1 aromatic rings. The lowest BCUT2D eigenvalue weighted by Crippen LogP contribution is -2.39. The fourth-order valence-electron chi connectivity index (χ4n) is 1.62. The first-order valence-electron chi connectivity index (χ1n) is 4.81. The zero-order valence-corrected chi connectivity index (χ0v) is 11.4. The second-order valence-corrected chi connectivity index (χ2v) is 6.59. The third kappa shape index (κ3) is 2.54. The van der Waals surface area contributed by atoms with Gasteiger partial charge in [0.1, 0.15) is 0 Å².